The fourth-order valence-corrected chi connectivity index (χ4v) is 2.31. The zero-order valence-electron chi connectivity index (χ0n) is 10.5. The van der Waals surface area contributed by atoms with Crippen LogP contribution >= 0.6 is 23.4 Å². The van der Waals surface area contributed by atoms with Crippen molar-refractivity contribution in [1.82, 2.24) is 0 Å². The molecule has 2 unspecified atom stereocenters. The smallest absolute Gasteiger partial charge is 0.237 e. The molecule has 1 rings (SSSR count). The Morgan fingerprint density at radius 2 is 2.26 bits per heavy atom. The van der Waals surface area contributed by atoms with Crippen molar-refractivity contribution in [3.63, 3.8) is 0 Å². The molecule has 1 aromatic rings. The largest absolute Gasteiger partial charge is 0.399 e. The van der Waals surface area contributed by atoms with Crippen molar-refractivity contribution in [2.24, 2.45) is 0 Å². The number of nitrogens with one attached hydrogen (secondary N) is 1. The molecule has 0 saturated heterocycles. The summed E-state index contributed by atoms with van der Waals surface area (Å²) in [5.41, 5.74) is 6.58. The van der Waals surface area contributed by atoms with Crippen LogP contribution in [0.5, 0.6) is 0 Å². The maximum atomic E-state index is 11.9. The lowest BCUT2D eigenvalue weighted by Gasteiger charge is -2.14. The van der Waals surface area contributed by atoms with Crippen molar-refractivity contribution in [2.75, 3.05) is 23.4 Å². The molecule has 2 atom stereocenters. The molecule has 0 aliphatic carbocycles. The van der Waals surface area contributed by atoms with Gasteiger partial charge < -0.3 is 21.3 Å². The normalized spacial score (nSPS) is 13.9. The van der Waals surface area contributed by atoms with Gasteiger partial charge >= 0.3 is 0 Å². The van der Waals surface area contributed by atoms with Crippen LogP contribution in [0.1, 0.15) is 6.92 Å². The third-order valence-corrected chi connectivity index (χ3v) is 3.97. The molecule has 19 heavy (non-hydrogen) atoms. The first-order valence-corrected chi connectivity index (χ1v) is 7.13. The van der Waals surface area contributed by atoms with Crippen molar-refractivity contribution >= 4 is 40.6 Å². The molecule has 0 aliphatic rings. The van der Waals surface area contributed by atoms with Gasteiger partial charge in [-0.15, -0.1) is 11.8 Å². The Bertz CT molecular complexity index is 445. The zero-order valence-corrected chi connectivity index (χ0v) is 12.0. The van der Waals surface area contributed by atoms with E-state index in [1.165, 1.54) is 11.8 Å². The van der Waals surface area contributed by atoms with E-state index in [1.807, 2.05) is 0 Å². The number of nitrogen functional groups attached to an aromatic ring is 1. The van der Waals surface area contributed by atoms with Crippen molar-refractivity contribution in [2.45, 2.75) is 18.3 Å². The molecular formula is C12H17ClN2O3S. The highest BCUT2D eigenvalue weighted by Crippen LogP contribution is 2.25. The van der Waals surface area contributed by atoms with E-state index in [9.17, 15) is 9.90 Å². The van der Waals surface area contributed by atoms with Gasteiger partial charge in [-0.3, -0.25) is 4.79 Å². The number of benzene rings is 1. The number of carbonyl (C=O) groups is 1. The third kappa shape index (κ3) is 5.28. The molecule has 7 heteroatoms. The molecule has 0 heterocycles. The summed E-state index contributed by atoms with van der Waals surface area (Å²) in [7, 11) is 0. The summed E-state index contributed by atoms with van der Waals surface area (Å²) in [6.45, 7) is 1.40. The molecule has 1 aromatic carbocycles. The molecular weight excluding hydrogens is 288 g/mol. The van der Waals surface area contributed by atoms with E-state index < -0.39 is 6.10 Å². The van der Waals surface area contributed by atoms with Crippen LogP contribution in [0.2, 0.25) is 5.02 Å². The number of carbonyl (C=O) groups excluding carboxylic acids is 1. The maximum absolute atomic E-state index is 11.9. The van der Waals surface area contributed by atoms with E-state index in [2.05, 4.69) is 5.32 Å². The summed E-state index contributed by atoms with van der Waals surface area (Å²) in [5.74, 6) is 0.0717. The van der Waals surface area contributed by atoms with E-state index in [4.69, 9.17) is 22.4 Å². The molecule has 106 valence electrons. The highest BCUT2D eigenvalue weighted by molar-refractivity contribution is 8.00. The van der Waals surface area contributed by atoms with Crippen LogP contribution in [0, 0.1) is 0 Å². The van der Waals surface area contributed by atoms with Crippen LogP contribution < -0.4 is 11.1 Å². The van der Waals surface area contributed by atoms with Crippen LogP contribution in [-0.2, 0) is 4.79 Å². The monoisotopic (exact) mass is 304 g/mol. The number of aliphatic hydroxyl groups excluding tert-OH is 2. The van der Waals surface area contributed by atoms with Crippen LogP contribution in [0.3, 0.4) is 0 Å². The number of hydrogen-bond donors (Lipinski definition) is 4. The number of aliphatic hydroxyl groups is 2. The molecule has 0 bridgehead atoms. The second-order valence-electron chi connectivity index (χ2n) is 4.04. The van der Waals surface area contributed by atoms with E-state index in [1.54, 1.807) is 25.1 Å². The van der Waals surface area contributed by atoms with Crippen molar-refractivity contribution in [3.05, 3.63) is 23.2 Å². The standard InChI is InChI=1S/C12H17ClN2O3S/c1-7(19-6-9(17)5-16)12(18)15-11-3-2-8(14)4-10(11)13/h2-4,7,9,16-17H,5-6,14H2,1H3,(H,15,18). The SMILES string of the molecule is CC(SCC(O)CO)C(=O)Nc1ccc(N)cc1Cl. The summed E-state index contributed by atoms with van der Waals surface area (Å²) < 4.78 is 0. The van der Waals surface area contributed by atoms with Gasteiger partial charge in [0.2, 0.25) is 5.91 Å². The molecule has 0 aromatic heterocycles. The molecule has 5 N–H and O–H groups in total. The van der Waals surface area contributed by atoms with Gasteiger partial charge in [0.25, 0.3) is 0 Å². The van der Waals surface area contributed by atoms with E-state index in [0.29, 0.717) is 22.2 Å². The Morgan fingerprint density at radius 3 is 2.84 bits per heavy atom. The second kappa shape index (κ2) is 7.59. The number of nitrogens with two attached hydrogens (primary N) is 1. The maximum Gasteiger partial charge on any atom is 0.237 e. The molecule has 5 nitrogen and oxygen atoms in total. The zero-order chi connectivity index (χ0) is 14.4. The van der Waals surface area contributed by atoms with E-state index in [-0.39, 0.29) is 17.8 Å². The average Bonchev–Trinajstić information content (AvgIpc) is 2.38. The number of halogens is 1. The van der Waals surface area contributed by atoms with Crippen molar-refractivity contribution < 1.29 is 15.0 Å². The molecule has 0 fully saturated rings. The predicted octanol–water partition coefficient (Wildman–Crippen LogP) is 1.34. The fraction of sp³-hybridized carbons (Fsp3) is 0.417. The number of thioether (sulfide) groups is 1. The highest BCUT2D eigenvalue weighted by atomic mass is 35.5. The molecule has 0 radical (unpaired) electrons. The van der Waals surface area contributed by atoms with Gasteiger partial charge in [0.1, 0.15) is 0 Å². The first kappa shape index (κ1) is 16.1. The Kier molecular flexibility index (Phi) is 6.44. The Balaban J connectivity index is 2.54. The van der Waals surface area contributed by atoms with Crippen LogP contribution in [0.15, 0.2) is 18.2 Å². The first-order chi connectivity index (χ1) is 8.93. The molecule has 0 spiro atoms. The number of amides is 1. The second-order valence-corrected chi connectivity index (χ2v) is 5.82. The van der Waals surface area contributed by atoms with Gasteiger partial charge in [0.15, 0.2) is 0 Å². The summed E-state index contributed by atoms with van der Waals surface area (Å²) in [6, 6.07) is 4.84. The lowest BCUT2D eigenvalue weighted by atomic mass is 10.2. The quantitative estimate of drug-likeness (QED) is 0.595. The minimum Gasteiger partial charge on any atom is -0.399 e. The first-order valence-electron chi connectivity index (χ1n) is 5.70. The summed E-state index contributed by atoms with van der Waals surface area (Å²) in [5, 5.41) is 20.6. The van der Waals surface area contributed by atoms with Gasteiger partial charge in [-0.05, 0) is 25.1 Å². The van der Waals surface area contributed by atoms with Gasteiger partial charge in [-0.25, -0.2) is 0 Å². The minimum atomic E-state index is -0.819. The van der Waals surface area contributed by atoms with Crippen LogP contribution in [0.4, 0.5) is 11.4 Å². The number of anilines is 2. The van der Waals surface area contributed by atoms with E-state index in [0.717, 1.165) is 0 Å². The Labute approximate surface area is 121 Å². The van der Waals surface area contributed by atoms with Gasteiger partial charge in [0, 0.05) is 11.4 Å². The van der Waals surface area contributed by atoms with Gasteiger partial charge in [-0.1, -0.05) is 11.6 Å². The number of hydrogen-bond acceptors (Lipinski definition) is 5. The fourth-order valence-electron chi connectivity index (χ4n) is 1.25. The summed E-state index contributed by atoms with van der Waals surface area (Å²) >= 11 is 7.21. The van der Waals surface area contributed by atoms with Crippen LogP contribution in [0.25, 0.3) is 0 Å². The van der Waals surface area contributed by atoms with Gasteiger partial charge in [-0.2, -0.15) is 0 Å². The van der Waals surface area contributed by atoms with E-state index >= 15 is 0 Å². The Hall–Kier alpha value is -0.950. The highest BCUT2D eigenvalue weighted by Gasteiger charge is 2.16. The molecule has 0 aliphatic heterocycles. The minimum absolute atomic E-state index is 0.221. The molecule has 0 saturated carbocycles. The lowest BCUT2D eigenvalue weighted by molar-refractivity contribution is -0.115. The van der Waals surface area contributed by atoms with Crippen LogP contribution in [-0.4, -0.2) is 39.8 Å². The number of rotatable bonds is 6. The predicted molar refractivity (Wildman–Crippen MR) is 79.5 cm³/mol. The van der Waals surface area contributed by atoms with Crippen molar-refractivity contribution in [1.29, 1.82) is 0 Å². The summed E-state index contributed by atoms with van der Waals surface area (Å²) in [6.07, 6.45) is -0.819. The van der Waals surface area contributed by atoms with Gasteiger partial charge in [0.05, 0.1) is 28.7 Å². The topological polar surface area (TPSA) is 95.6 Å². The molecule has 1 amide bonds. The third-order valence-electron chi connectivity index (χ3n) is 2.37. The summed E-state index contributed by atoms with van der Waals surface area (Å²) in [4.78, 5) is 11.9. The van der Waals surface area contributed by atoms with Crippen molar-refractivity contribution in [3.8, 4) is 0 Å². The lowest BCUT2D eigenvalue weighted by Crippen LogP contribution is -2.25. The average molecular weight is 305 g/mol. The Morgan fingerprint density at radius 1 is 1.58 bits per heavy atom.